The summed E-state index contributed by atoms with van der Waals surface area (Å²) >= 11 is 0. The van der Waals surface area contributed by atoms with Crippen LogP contribution >= 0.6 is 0 Å². The lowest BCUT2D eigenvalue weighted by atomic mass is 9.95. The fraction of sp³-hybridized carbons (Fsp3) is 0.349. The highest BCUT2D eigenvalue weighted by Gasteiger charge is 2.51. The number of nitrogens with zero attached hydrogens (tertiary/aromatic N) is 1. The second-order valence-corrected chi connectivity index (χ2v) is 14.0. The van der Waals surface area contributed by atoms with Crippen LogP contribution in [-0.4, -0.2) is 59.2 Å². The molecule has 0 saturated heterocycles. The van der Waals surface area contributed by atoms with Gasteiger partial charge in [0, 0.05) is 13.0 Å². The summed E-state index contributed by atoms with van der Waals surface area (Å²) in [6, 6.07) is 29.2. The number of alkyl halides is 2. The number of carbonyl (C=O) groups is 4. The predicted octanol–water partition coefficient (Wildman–Crippen LogP) is 5.73. The van der Waals surface area contributed by atoms with E-state index in [0.29, 0.717) is 16.9 Å². The van der Waals surface area contributed by atoms with Crippen LogP contribution in [0.2, 0.25) is 0 Å². The maximum absolute atomic E-state index is 16.0. The largest absolute Gasteiger partial charge is 0.530 e. The van der Waals surface area contributed by atoms with E-state index in [-0.39, 0.29) is 32.3 Å². The number of amides is 3. The summed E-state index contributed by atoms with van der Waals surface area (Å²) < 4.78 is 43.5. The van der Waals surface area contributed by atoms with Gasteiger partial charge in [0.2, 0.25) is 11.7 Å². The Labute approximate surface area is 320 Å². The van der Waals surface area contributed by atoms with Gasteiger partial charge in [0.1, 0.15) is 24.5 Å². The molecule has 0 saturated carbocycles. The first kappa shape index (κ1) is 42.1. The van der Waals surface area contributed by atoms with Gasteiger partial charge in [-0.1, -0.05) is 131 Å². The SMILES string of the molecule is CC(C)[C@H](COCc1ccccc1)NC(=O)C(F)(F)C(=O)C(Cc1ccc(OCc2ccccc2)cc1)NC(=O)[C@H](C(C)C)N(Cc1ccccc1)C(=O)[O-]. The molecule has 10 nitrogen and oxygen atoms in total. The molecule has 3 amide bonds. The van der Waals surface area contributed by atoms with E-state index in [2.05, 4.69) is 10.6 Å². The number of ketones is 1. The van der Waals surface area contributed by atoms with Crippen LogP contribution in [0.3, 0.4) is 0 Å². The lowest BCUT2D eigenvalue weighted by molar-refractivity contribution is -0.269. The summed E-state index contributed by atoms with van der Waals surface area (Å²) in [7, 11) is 0. The van der Waals surface area contributed by atoms with Gasteiger partial charge >= 0.3 is 5.92 Å². The van der Waals surface area contributed by atoms with Crippen LogP contribution in [0.5, 0.6) is 5.75 Å². The van der Waals surface area contributed by atoms with Crippen molar-refractivity contribution in [2.24, 2.45) is 11.8 Å². The minimum Gasteiger partial charge on any atom is -0.530 e. The Morgan fingerprint density at radius 1 is 0.691 bits per heavy atom. The van der Waals surface area contributed by atoms with E-state index in [9.17, 15) is 24.3 Å². The fourth-order valence-electron chi connectivity index (χ4n) is 5.89. The van der Waals surface area contributed by atoms with Crippen molar-refractivity contribution < 1.29 is 42.5 Å². The highest BCUT2D eigenvalue weighted by Crippen LogP contribution is 2.23. The Morgan fingerprint density at radius 2 is 1.22 bits per heavy atom. The molecule has 4 aromatic carbocycles. The van der Waals surface area contributed by atoms with Crippen molar-refractivity contribution in [1.82, 2.24) is 15.5 Å². The quantitative estimate of drug-likeness (QED) is 0.110. The molecule has 3 atom stereocenters. The van der Waals surface area contributed by atoms with Gasteiger partial charge in [0.15, 0.2) is 0 Å². The minimum absolute atomic E-state index is 0.0992. The zero-order valence-electron chi connectivity index (χ0n) is 31.5. The van der Waals surface area contributed by atoms with Crippen LogP contribution in [0.1, 0.15) is 49.9 Å². The van der Waals surface area contributed by atoms with Crippen molar-refractivity contribution >= 4 is 23.7 Å². The average molecular weight is 757 g/mol. The lowest BCUT2D eigenvalue weighted by Gasteiger charge is -2.36. The molecule has 0 aliphatic rings. The second kappa shape index (κ2) is 20.2. The standard InChI is InChI=1S/C43H49F2N3O7/c1-29(2)37(28-54-26-33-16-10-6-11-17-33)47-41(51)43(44,45)39(49)36(24-31-20-22-35(23-21-31)55-27-34-18-12-7-13-19-34)46-40(50)38(30(3)4)48(42(52)53)25-32-14-8-5-9-15-32/h5-23,29-30,36-38H,24-28H2,1-4H3,(H,46,50)(H,47,51)(H,52,53)/p-1/t36?,37-,38-/m0/s1. The maximum atomic E-state index is 16.0. The zero-order valence-corrected chi connectivity index (χ0v) is 31.5. The predicted molar refractivity (Wildman–Crippen MR) is 202 cm³/mol. The zero-order chi connectivity index (χ0) is 40.0. The van der Waals surface area contributed by atoms with Crippen LogP contribution < -0.4 is 20.5 Å². The molecule has 0 aromatic heterocycles. The van der Waals surface area contributed by atoms with Gasteiger partial charge in [-0.3, -0.25) is 14.4 Å². The minimum atomic E-state index is -4.59. The lowest BCUT2D eigenvalue weighted by Crippen LogP contribution is -2.61. The molecule has 0 spiro atoms. The number of hydrogen-bond donors (Lipinski definition) is 2. The van der Waals surface area contributed by atoms with Crippen molar-refractivity contribution in [2.45, 2.75) is 77.9 Å². The van der Waals surface area contributed by atoms with E-state index in [4.69, 9.17) is 9.47 Å². The van der Waals surface area contributed by atoms with Gasteiger partial charge in [-0.15, -0.1) is 0 Å². The summed E-state index contributed by atoms with van der Waals surface area (Å²) in [5.41, 5.74) is 2.72. The van der Waals surface area contributed by atoms with Crippen molar-refractivity contribution in [3.05, 3.63) is 138 Å². The molecular formula is C43H48F2N3O7-. The second-order valence-electron chi connectivity index (χ2n) is 14.0. The van der Waals surface area contributed by atoms with Crippen LogP contribution in [-0.2, 0) is 45.3 Å². The summed E-state index contributed by atoms with van der Waals surface area (Å²) in [6.45, 7) is 6.75. The van der Waals surface area contributed by atoms with E-state index in [1.165, 1.54) is 0 Å². The molecule has 0 fully saturated rings. The highest BCUT2D eigenvalue weighted by molar-refractivity contribution is 6.10. The Balaban J connectivity index is 1.56. The number of hydrogen-bond acceptors (Lipinski definition) is 7. The first-order valence-corrected chi connectivity index (χ1v) is 18.2. The fourth-order valence-corrected chi connectivity index (χ4v) is 5.89. The molecule has 1 unspecified atom stereocenters. The highest BCUT2D eigenvalue weighted by atomic mass is 19.3. The molecule has 55 heavy (non-hydrogen) atoms. The normalized spacial score (nSPS) is 13.1. The van der Waals surface area contributed by atoms with Crippen molar-refractivity contribution in [3.8, 4) is 5.75 Å². The first-order chi connectivity index (χ1) is 26.3. The number of carboxylic acid groups (broad SMARTS) is 1. The topological polar surface area (TPSA) is 137 Å². The van der Waals surface area contributed by atoms with Crippen LogP contribution in [0.15, 0.2) is 115 Å². The van der Waals surface area contributed by atoms with Crippen molar-refractivity contribution in [3.63, 3.8) is 0 Å². The number of carbonyl (C=O) groups excluding carboxylic acids is 4. The van der Waals surface area contributed by atoms with Crippen LogP contribution in [0.25, 0.3) is 0 Å². The summed E-state index contributed by atoms with van der Waals surface area (Å²) in [6.07, 6.45) is -2.10. The van der Waals surface area contributed by atoms with Crippen LogP contribution in [0, 0.1) is 11.8 Å². The number of ether oxygens (including phenoxy) is 2. The first-order valence-electron chi connectivity index (χ1n) is 18.2. The van der Waals surface area contributed by atoms with E-state index in [1.54, 1.807) is 82.3 Å². The summed E-state index contributed by atoms with van der Waals surface area (Å²) in [5, 5.41) is 17.0. The third-order valence-electron chi connectivity index (χ3n) is 9.04. The van der Waals surface area contributed by atoms with Gasteiger partial charge in [-0.2, -0.15) is 8.78 Å². The Hall–Kier alpha value is -5.62. The van der Waals surface area contributed by atoms with Crippen LogP contribution in [0.4, 0.5) is 13.6 Å². The van der Waals surface area contributed by atoms with E-state index in [1.807, 2.05) is 60.7 Å². The Kier molecular flexibility index (Phi) is 15.4. The monoisotopic (exact) mass is 756 g/mol. The molecule has 4 rings (SSSR count). The van der Waals surface area contributed by atoms with E-state index in [0.717, 1.165) is 16.0 Å². The smallest absolute Gasteiger partial charge is 0.383 e. The van der Waals surface area contributed by atoms with Gasteiger partial charge in [0.25, 0.3) is 5.91 Å². The summed E-state index contributed by atoms with van der Waals surface area (Å²) in [5.74, 6) is -9.81. The number of benzene rings is 4. The molecule has 0 radical (unpaired) electrons. The van der Waals surface area contributed by atoms with Gasteiger partial charge in [0.05, 0.1) is 25.3 Å². The van der Waals surface area contributed by atoms with Crippen molar-refractivity contribution in [1.29, 1.82) is 0 Å². The maximum Gasteiger partial charge on any atom is 0.383 e. The molecule has 4 aromatic rings. The molecule has 12 heteroatoms. The molecule has 0 bridgehead atoms. The Bertz CT molecular complexity index is 1830. The number of nitrogens with one attached hydrogen (secondary N) is 2. The average Bonchev–Trinajstić information content (AvgIpc) is 3.17. The van der Waals surface area contributed by atoms with Gasteiger partial charge in [-0.25, -0.2) is 0 Å². The van der Waals surface area contributed by atoms with E-state index < -0.39 is 60.1 Å². The molecular weight excluding hydrogens is 708 g/mol. The van der Waals surface area contributed by atoms with Gasteiger partial charge < -0.3 is 34.9 Å². The molecule has 0 aliphatic carbocycles. The number of halogens is 2. The van der Waals surface area contributed by atoms with E-state index >= 15 is 8.78 Å². The number of Topliss-reactive ketones (excluding diaryl/α,β-unsaturated/α-hetero) is 1. The molecule has 0 aliphatic heterocycles. The molecule has 2 N–H and O–H groups in total. The molecule has 292 valence electrons. The van der Waals surface area contributed by atoms with Gasteiger partial charge in [-0.05, 0) is 46.2 Å². The third kappa shape index (κ3) is 12.5. The van der Waals surface area contributed by atoms with Crippen molar-refractivity contribution in [2.75, 3.05) is 6.61 Å². The number of rotatable bonds is 20. The Morgan fingerprint density at radius 3 is 1.73 bits per heavy atom. The summed E-state index contributed by atoms with van der Waals surface area (Å²) in [4.78, 5) is 54.1. The third-order valence-corrected chi connectivity index (χ3v) is 9.04. The molecule has 0 heterocycles.